The Bertz CT molecular complexity index is 386. The van der Waals surface area contributed by atoms with Crippen molar-refractivity contribution < 1.29 is 4.74 Å². The Balaban J connectivity index is 1.89. The number of rotatable bonds is 4. The highest BCUT2D eigenvalue weighted by Crippen LogP contribution is 2.32. The maximum atomic E-state index is 5.79. The van der Waals surface area contributed by atoms with Gasteiger partial charge in [-0.1, -0.05) is 27.2 Å². The SMILES string of the molecule is CC(C)(C)c1nsc(OCC2CCCC2CN)n1. The third kappa shape index (κ3) is 3.20. The summed E-state index contributed by atoms with van der Waals surface area (Å²) in [7, 11) is 0. The van der Waals surface area contributed by atoms with Gasteiger partial charge in [0, 0.05) is 16.9 Å². The highest BCUT2D eigenvalue weighted by Gasteiger charge is 2.27. The molecule has 0 aliphatic heterocycles. The zero-order valence-electron chi connectivity index (χ0n) is 11.5. The Morgan fingerprint density at radius 1 is 1.33 bits per heavy atom. The zero-order valence-corrected chi connectivity index (χ0v) is 12.3. The molecule has 1 aliphatic carbocycles. The molecular formula is C13H23N3OS. The molecule has 2 N–H and O–H groups in total. The molecule has 18 heavy (non-hydrogen) atoms. The maximum absolute atomic E-state index is 5.79. The summed E-state index contributed by atoms with van der Waals surface area (Å²) in [5.74, 6) is 2.08. The van der Waals surface area contributed by atoms with Crippen molar-refractivity contribution in [2.45, 2.75) is 45.4 Å². The summed E-state index contributed by atoms with van der Waals surface area (Å²) in [6, 6.07) is 0. The quantitative estimate of drug-likeness (QED) is 0.912. The summed E-state index contributed by atoms with van der Waals surface area (Å²) < 4.78 is 10.1. The lowest BCUT2D eigenvalue weighted by Gasteiger charge is -2.17. The van der Waals surface area contributed by atoms with Crippen molar-refractivity contribution in [3.63, 3.8) is 0 Å². The number of aromatic nitrogens is 2. The number of hydrogen-bond acceptors (Lipinski definition) is 5. The topological polar surface area (TPSA) is 61.0 Å². The van der Waals surface area contributed by atoms with E-state index in [1.165, 1.54) is 30.8 Å². The van der Waals surface area contributed by atoms with Gasteiger partial charge in [0.25, 0.3) is 5.19 Å². The molecule has 102 valence electrons. The van der Waals surface area contributed by atoms with Crippen molar-refractivity contribution in [1.29, 1.82) is 0 Å². The van der Waals surface area contributed by atoms with Crippen molar-refractivity contribution in [3.05, 3.63) is 5.82 Å². The molecule has 2 rings (SSSR count). The summed E-state index contributed by atoms with van der Waals surface area (Å²) in [6.45, 7) is 7.85. The highest BCUT2D eigenvalue weighted by molar-refractivity contribution is 7.07. The van der Waals surface area contributed by atoms with Gasteiger partial charge in [-0.15, -0.1) is 0 Å². The molecule has 4 nitrogen and oxygen atoms in total. The largest absolute Gasteiger partial charge is 0.469 e. The predicted molar refractivity (Wildman–Crippen MR) is 74.0 cm³/mol. The first-order valence-corrected chi connectivity index (χ1v) is 7.45. The van der Waals surface area contributed by atoms with E-state index in [0.717, 1.165) is 19.0 Å². The monoisotopic (exact) mass is 269 g/mol. The van der Waals surface area contributed by atoms with Crippen molar-refractivity contribution in [3.8, 4) is 5.19 Å². The fourth-order valence-electron chi connectivity index (χ4n) is 2.39. The molecule has 0 spiro atoms. The lowest BCUT2D eigenvalue weighted by atomic mass is 9.96. The van der Waals surface area contributed by atoms with E-state index < -0.39 is 0 Å². The van der Waals surface area contributed by atoms with Crippen molar-refractivity contribution in [2.75, 3.05) is 13.2 Å². The van der Waals surface area contributed by atoms with Crippen LogP contribution in [0.2, 0.25) is 0 Å². The van der Waals surface area contributed by atoms with E-state index >= 15 is 0 Å². The Hall–Kier alpha value is -0.680. The summed E-state index contributed by atoms with van der Waals surface area (Å²) >= 11 is 1.35. The molecule has 0 saturated heterocycles. The average molecular weight is 269 g/mol. The molecule has 0 amide bonds. The van der Waals surface area contributed by atoms with Crippen LogP contribution in [-0.2, 0) is 5.41 Å². The lowest BCUT2D eigenvalue weighted by molar-refractivity contribution is 0.215. The van der Waals surface area contributed by atoms with Gasteiger partial charge in [-0.3, -0.25) is 0 Å². The Morgan fingerprint density at radius 3 is 2.67 bits per heavy atom. The summed E-state index contributed by atoms with van der Waals surface area (Å²) in [5.41, 5.74) is 5.76. The molecule has 2 atom stereocenters. The number of nitrogens with zero attached hydrogens (tertiary/aromatic N) is 2. The number of ether oxygens (including phenoxy) is 1. The van der Waals surface area contributed by atoms with E-state index in [2.05, 4.69) is 30.1 Å². The van der Waals surface area contributed by atoms with E-state index in [0.29, 0.717) is 17.0 Å². The molecule has 1 aromatic rings. The Labute approximate surface area is 113 Å². The molecule has 1 fully saturated rings. The molecular weight excluding hydrogens is 246 g/mol. The van der Waals surface area contributed by atoms with Gasteiger partial charge >= 0.3 is 0 Å². The van der Waals surface area contributed by atoms with Crippen LogP contribution < -0.4 is 10.5 Å². The van der Waals surface area contributed by atoms with Crippen LogP contribution in [0.1, 0.15) is 45.9 Å². The lowest BCUT2D eigenvalue weighted by Crippen LogP contribution is -2.23. The fraction of sp³-hybridized carbons (Fsp3) is 0.846. The van der Waals surface area contributed by atoms with Gasteiger partial charge in [0.2, 0.25) is 0 Å². The smallest absolute Gasteiger partial charge is 0.293 e. The van der Waals surface area contributed by atoms with Gasteiger partial charge in [0.05, 0.1) is 6.61 Å². The van der Waals surface area contributed by atoms with Gasteiger partial charge in [-0.2, -0.15) is 9.36 Å². The standard InChI is InChI=1S/C13H23N3OS/c1-13(2,3)11-15-12(18-16-11)17-8-10-6-4-5-9(10)7-14/h9-10H,4-8,14H2,1-3H3. The minimum absolute atomic E-state index is 0.00867. The van der Waals surface area contributed by atoms with E-state index in [1.807, 2.05) is 0 Å². The average Bonchev–Trinajstić information content (AvgIpc) is 2.94. The molecule has 2 unspecified atom stereocenters. The zero-order chi connectivity index (χ0) is 13.2. The first kappa shape index (κ1) is 13.7. The first-order valence-electron chi connectivity index (χ1n) is 6.67. The van der Waals surface area contributed by atoms with Crippen molar-refractivity contribution in [2.24, 2.45) is 17.6 Å². The summed E-state index contributed by atoms with van der Waals surface area (Å²) in [5, 5.41) is 0.697. The van der Waals surface area contributed by atoms with Crippen LogP contribution in [0, 0.1) is 11.8 Å². The van der Waals surface area contributed by atoms with E-state index in [1.54, 1.807) is 0 Å². The molecule has 1 aromatic heterocycles. The Morgan fingerprint density at radius 2 is 2.06 bits per heavy atom. The maximum Gasteiger partial charge on any atom is 0.293 e. The third-order valence-electron chi connectivity index (χ3n) is 3.62. The normalized spacial score (nSPS) is 24.4. The van der Waals surface area contributed by atoms with Gasteiger partial charge in [-0.05, 0) is 31.2 Å². The highest BCUT2D eigenvalue weighted by atomic mass is 32.1. The molecule has 1 aliphatic rings. The van der Waals surface area contributed by atoms with Crippen LogP contribution in [0.5, 0.6) is 5.19 Å². The van der Waals surface area contributed by atoms with Crippen LogP contribution >= 0.6 is 11.5 Å². The second-order valence-corrected chi connectivity index (χ2v) is 6.85. The van der Waals surface area contributed by atoms with Crippen LogP contribution in [0.4, 0.5) is 0 Å². The third-order valence-corrected chi connectivity index (χ3v) is 4.25. The Kier molecular flexibility index (Phi) is 4.22. The van der Waals surface area contributed by atoms with Crippen molar-refractivity contribution >= 4 is 11.5 Å². The van der Waals surface area contributed by atoms with E-state index in [9.17, 15) is 0 Å². The van der Waals surface area contributed by atoms with Gasteiger partial charge in [0.15, 0.2) is 5.82 Å². The molecule has 5 heteroatoms. The minimum Gasteiger partial charge on any atom is -0.469 e. The fourth-order valence-corrected chi connectivity index (χ4v) is 3.12. The second kappa shape index (κ2) is 5.53. The molecule has 0 aromatic carbocycles. The van der Waals surface area contributed by atoms with E-state index in [-0.39, 0.29) is 5.41 Å². The van der Waals surface area contributed by atoms with Gasteiger partial charge < -0.3 is 10.5 Å². The van der Waals surface area contributed by atoms with Crippen molar-refractivity contribution in [1.82, 2.24) is 9.36 Å². The van der Waals surface area contributed by atoms with E-state index in [4.69, 9.17) is 10.5 Å². The number of hydrogen-bond donors (Lipinski definition) is 1. The van der Waals surface area contributed by atoms with Crippen LogP contribution in [0.15, 0.2) is 0 Å². The molecule has 0 radical (unpaired) electrons. The van der Waals surface area contributed by atoms with Crippen LogP contribution in [0.3, 0.4) is 0 Å². The van der Waals surface area contributed by atoms with Crippen LogP contribution in [0.25, 0.3) is 0 Å². The van der Waals surface area contributed by atoms with Crippen LogP contribution in [-0.4, -0.2) is 22.5 Å². The minimum atomic E-state index is -0.00867. The second-order valence-electron chi connectivity index (χ2n) is 6.13. The van der Waals surface area contributed by atoms with Gasteiger partial charge in [0.1, 0.15) is 0 Å². The van der Waals surface area contributed by atoms with Gasteiger partial charge in [-0.25, -0.2) is 0 Å². The predicted octanol–water partition coefficient (Wildman–Crippen LogP) is 2.59. The first-order chi connectivity index (χ1) is 8.50. The number of nitrogens with two attached hydrogens (primary N) is 1. The molecule has 0 bridgehead atoms. The summed E-state index contributed by atoms with van der Waals surface area (Å²) in [4.78, 5) is 4.45. The molecule has 1 heterocycles. The summed E-state index contributed by atoms with van der Waals surface area (Å²) in [6.07, 6.45) is 3.75. The molecule has 1 saturated carbocycles.